The summed E-state index contributed by atoms with van der Waals surface area (Å²) in [6.07, 6.45) is 9.31. The van der Waals surface area contributed by atoms with Crippen LogP contribution in [0.4, 0.5) is 0 Å². The molecule has 0 aromatic heterocycles. The number of fused-ring (bicyclic) bond motifs is 2. The molecule has 0 nitrogen and oxygen atoms in total. The molecular weight excluding hydrogens is 180 g/mol. The van der Waals surface area contributed by atoms with Gasteiger partial charge in [-0.15, -0.1) is 0 Å². The molecule has 0 aromatic rings. The van der Waals surface area contributed by atoms with Crippen molar-refractivity contribution in [2.45, 2.75) is 59.3 Å². The summed E-state index contributed by atoms with van der Waals surface area (Å²) in [6.45, 7) is 7.43. The van der Waals surface area contributed by atoms with Crippen LogP contribution in [0.1, 0.15) is 59.3 Å². The highest BCUT2D eigenvalue weighted by Gasteiger charge is 2.58. The van der Waals surface area contributed by atoms with Gasteiger partial charge in [-0.05, 0) is 67.1 Å². The predicted octanol–water partition coefficient (Wildman–Crippen LogP) is 4.49. The van der Waals surface area contributed by atoms with Gasteiger partial charge >= 0.3 is 0 Å². The molecule has 4 fully saturated rings. The van der Waals surface area contributed by atoms with Crippen LogP contribution in [0.25, 0.3) is 0 Å². The van der Waals surface area contributed by atoms with Gasteiger partial charge in [-0.25, -0.2) is 0 Å². The molecule has 15 heavy (non-hydrogen) atoms. The lowest BCUT2D eigenvalue weighted by molar-refractivity contribution is -0.0267. The smallest absolute Gasteiger partial charge is 0.0261 e. The van der Waals surface area contributed by atoms with E-state index in [1.54, 1.807) is 32.1 Å². The van der Waals surface area contributed by atoms with Crippen molar-refractivity contribution >= 4 is 0 Å². The fourth-order valence-electron chi connectivity index (χ4n) is 5.55. The highest BCUT2D eigenvalue weighted by molar-refractivity contribution is 5.08. The Bertz CT molecular complexity index is 253. The molecule has 0 aliphatic heterocycles. The molecule has 1 spiro atoms. The van der Waals surface area contributed by atoms with Crippen LogP contribution in [-0.2, 0) is 0 Å². The molecule has 0 heterocycles. The van der Waals surface area contributed by atoms with Crippen molar-refractivity contribution in [2.24, 2.45) is 35.0 Å². The molecule has 0 saturated heterocycles. The van der Waals surface area contributed by atoms with Crippen LogP contribution in [-0.4, -0.2) is 0 Å². The van der Waals surface area contributed by atoms with Crippen molar-refractivity contribution in [3.05, 3.63) is 0 Å². The zero-order valence-corrected chi connectivity index (χ0v) is 10.6. The molecular formula is C15H26. The molecule has 4 saturated carbocycles. The van der Waals surface area contributed by atoms with E-state index in [2.05, 4.69) is 20.8 Å². The molecule has 4 aliphatic rings. The predicted molar refractivity (Wildman–Crippen MR) is 64.6 cm³/mol. The van der Waals surface area contributed by atoms with Gasteiger partial charge in [0.1, 0.15) is 0 Å². The van der Waals surface area contributed by atoms with E-state index in [4.69, 9.17) is 0 Å². The van der Waals surface area contributed by atoms with Crippen molar-refractivity contribution in [1.82, 2.24) is 0 Å². The van der Waals surface area contributed by atoms with Gasteiger partial charge in [0.05, 0.1) is 0 Å². The molecule has 4 aliphatic carbocycles. The number of rotatable bonds is 2. The fraction of sp³-hybridized carbons (Fsp3) is 1.00. The standard InChI is InChI=1S/C15H26/c1-4-10(2)14-7-12-5-6-15(14)8-11(3)13(12)9-15/h10-14H,4-9H2,1-3H3. The van der Waals surface area contributed by atoms with Crippen LogP contribution in [0, 0.1) is 35.0 Å². The average molecular weight is 206 g/mol. The van der Waals surface area contributed by atoms with E-state index in [-0.39, 0.29) is 0 Å². The van der Waals surface area contributed by atoms with Gasteiger partial charge in [0.15, 0.2) is 0 Å². The lowest BCUT2D eigenvalue weighted by atomic mass is 9.53. The van der Waals surface area contributed by atoms with E-state index in [1.807, 2.05) is 0 Å². The third-order valence-corrected chi connectivity index (χ3v) is 6.39. The molecule has 3 bridgehead atoms. The maximum absolute atomic E-state index is 2.53. The first-order valence-corrected chi connectivity index (χ1v) is 7.16. The van der Waals surface area contributed by atoms with Gasteiger partial charge in [-0.1, -0.05) is 27.2 Å². The first kappa shape index (κ1) is 10.2. The van der Waals surface area contributed by atoms with Gasteiger partial charge in [0.2, 0.25) is 0 Å². The van der Waals surface area contributed by atoms with Gasteiger partial charge in [0.25, 0.3) is 0 Å². The van der Waals surface area contributed by atoms with E-state index in [9.17, 15) is 0 Å². The third-order valence-electron chi connectivity index (χ3n) is 6.39. The Morgan fingerprint density at radius 2 is 2.13 bits per heavy atom. The zero-order chi connectivity index (χ0) is 10.6. The molecule has 0 heteroatoms. The molecule has 86 valence electrons. The quantitative estimate of drug-likeness (QED) is 0.624. The van der Waals surface area contributed by atoms with E-state index in [0.29, 0.717) is 0 Å². The van der Waals surface area contributed by atoms with Gasteiger partial charge in [-0.2, -0.15) is 0 Å². The summed E-state index contributed by atoms with van der Waals surface area (Å²) in [5.41, 5.74) is 0.814. The average Bonchev–Trinajstić information content (AvgIpc) is 2.46. The highest BCUT2D eigenvalue weighted by atomic mass is 14.6. The first-order valence-electron chi connectivity index (χ1n) is 7.16. The largest absolute Gasteiger partial charge is 0.0651 e. The maximum Gasteiger partial charge on any atom is -0.0261 e. The van der Waals surface area contributed by atoms with Crippen LogP contribution in [0.15, 0.2) is 0 Å². The summed E-state index contributed by atoms with van der Waals surface area (Å²) in [6, 6.07) is 0. The summed E-state index contributed by atoms with van der Waals surface area (Å²) in [4.78, 5) is 0. The summed E-state index contributed by atoms with van der Waals surface area (Å²) >= 11 is 0. The Labute approximate surface area is 94.8 Å². The molecule has 0 amide bonds. The van der Waals surface area contributed by atoms with Gasteiger partial charge in [0, 0.05) is 0 Å². The summed E-state index contributed by atoms with van der Waals surface area (Å²) in [5, 5.41) is 0. The number of hydrogen-bond acceptors (Lipinski definition) is 0. The first-order chi connectivity index (χ1) is 7.16. The molecule has 0 N–H and O–H groups in total. The maximum atomic E-state index is 2.53. The summed E-state index contributed by atoms with van der Waals surface area (Å²) in [7, 11) is 0. The Hall–Kier alpha value is 0. The van der Waals surface area contributed by atoms with Crippen LogP contribution >= 0.6 is 0 Å². The van der Waals surface area contributed by atoms with E-state index in [0.717, 1.165) is 35.0 Å². The molecule has 0 radical (unpaired) electrons. The lowest BCUT2D eigenvalue weighted by Gasteiger charge is -2.52. The van der Waals surface area contributed by atoms with E-state index in [1.165, 1.54) is 6.42 Å². The molecule has 6 atom stereocenters. The minimum Gasteiger partial charge on any atom is -0.0651 e. The van der Waals surface area contributed by atoms with Crippen LogP contribution in [0.5, 0.6) is 0 Å². The number of hydrogen-bond donors (Lipinski definition) is 0. The second-order valence-electron chi connectivity index (χ2n) is 6.94. The normalized spacial score (nSPS) is 54.6. The molecule has 0 aromatic carbocycles. The van der Waals surface area contributed by atoms with Crippen LogP contribution in [0.2, 0.25) is 0 Å². The Kier molecular flexibility index (Phi) is 2.20. The monoisotopic (exact) mass is 206 g/mol. The molecule has 4 rings (SSSR count). The second kappa shape index (κ2) is 3.25. The SMILES string of the molecule is CCC(C)C1CC2CCC13CC(C)C2C3. The van der Waals surface area contributed by atoms with Crippen molar-refractivity contribution in [3.63, 3.8) is 0 Å². The minimum absolute atomic E-state index is 0.814. The minimum atomic E-state index is 0.814. The Morgan fingerprint density at radius 3 is 2.87 bits per heavy atom. The van der Waals surface area contributed by atoms with Gasteiger partial charge < -0.3 is 0 Å². The summed E-state index contributed by atoms with van der Waals surface area (Å²) < 4.78 is 0. The van der Waals surface area contributed by atoms with Gasteiger partial charge in [-0.3, -0.25) is 0 Å². The zero-order valence-electron chi connectivity index (χ0n) is 10.6. The Morgan fingerprint density at radius 1 is 1.33 bits per heavy atom. The molecule has 6 unspecified atom stereocenters. The lowest BCUT2D eigenvalue weighted by Crippen LogP contribution is -2.43. The topological polar surface area (TPSA) is 0 Å². The second-order valence-corrected chi connectivity index (χ2v) is 6.94. The van der Waals surface area contributed by atoms with E-state index < -0.39 is 0 Å². The van der Waals surface area contributed by atoms with Crippen molar-refractivity contribution in [3.8, 4) is 0 Å². The summed E-state index contributed by atoms with van der Waals surface area (Å²) in [5.74, 6) is 5.36. The fourth-order valence-corrected chi connectivity index (χ4v) is 5.55. The highest BCUT2D eigenvalue weighted by Crippen LogP contribution is 2.67. The van der Waals surface area contributed by atoms with Crippen molar-refractivity contribution < 1.29 is 0 Å². The Balaban J connectivity index is 1.90. The van der Waals surface area contributed by atoms with E-state index >= 15 is 0 Å². The third kappa shape index (κ3) is 1.26. The van der Waals surface area contributed by atoms with Crippen LogP contribution < -0.4 is 0 Å². The van der Waals surface area contributed by atoms with Crippen molar-refractivity contribution in [1.29, 1.82) is 0 Å². The van der Waals surface area contributed by atoms with Crippen molar-refractivity contribution in [2.75, 3.05) is 0 Å². The van der Waals surface area contributed by atoms with Crippen LogP contribution in [0.3, 0.4) is 0 Å².